The highest BCUT2D eigenvalue weighted by atomic mass is 19.1. The quantitative estimate of drug-likeness (QED) is 0.868. The molecule has 1 aliphatic heterocycles. The summed E-state index contributed by atoms with van der Waals surface area (Å²) in [6, 6.07) is 7.60. The number of carbonyl (C=O) groups excluding carboxylic acids is 1. The van der Waals surface area contributed by atoms with E-state index in [1.54, 1.807) is 18.2 Å². The summed E-state index contributed by atoms with van der Waals surface area (Å²) in [4.78, 5) is 14.1. The fraction of sp³-hybridized carbons (Fsp3) is 0.312. The topological polar surface area (TPSA) is 42.7 Å². The molecule has 2 aromatic rings. The maximum Gasteiger partial charge on any atom is 0.257 e. The minimum atomic E-state index is -0.292. The van der Waals surface area contributed by atoms with Crippen molar-refractivity contribution in [3.8, 4) is 5.75 Å². The first-order valence-electron chi connectivity index (χ1n) is 6.95. The van der Waals surface area contributed by atoms with Gasteiger partial charge < -0.3 is 14.1 Å². The second-order valence-electron chi connectivity index (χ2n) is 5.07. The molecule has 1 fully saturated rings. The van der Waals surface area contributed by atoms with Gasteiger partial charge in [0, 0.05) is 6.54 Å². The molecule has 1 atom stereocenters. The molecule has 2 heterocycles. The number of carbonyl (C=O) groups is 1. The molecule has 0 aliphatic carbocycles. The Morgan fingerprint density at radius 3 is 2.86 bits per heavy atom. The molecule has 110 valence electrons. The van der Waals surface area contributed by atoms with Crippen LogP contribution in [0.1, 0.15) is 23.2 Å². The average molecular weight is 289 g/mol. The van der Waals surface area contributed by atoms with E-state index in [0.717, 1.165) is 19.4 Å². The zero-order valence-electron chi connectivity index (χ0n) is 11.5. The molecule has 1 aliphatic rings. The van der Waals surface area contributed by atoms with E-state index in [1.807, 2.05) is 4.90 Å². The molecule has 3 rings (SSSR count). The molecule has 0 spiro atoms. The van der Waals surface area contributed by atoms with E-state index < -0.39 is 0 Å². The largest absolute Gasteiger partial charge is 0.491 e. The number of halogens is 1. The van der Waals surface area contributed by atoms with Crippen LogP contribution in [0.3, 0.4) is 0 Å². The van der Waals surface area contributed by atoms with Crippen molar-refractivity contribution >= 4 is 5.91 Å². The Morgan fingerprint density at radius 2 is 2.14 bits per heavy atom. The lowest BCUT2D eigenvalue weighted by atomic mass is 10.2. The van der Waals surface area contributed by atoms with E-state index in [2.05, 4.69) is 0 Å². The van der Waals surface area contributed by atoms with E-state index >= 15 is 0 Å². The van der Waals surface area contributed by atoms with Gasteiger partial charge in [-0.1, -0.05) is 0 Å². The molecule has 4 nitrogen and oxygen atoms in total. The summed E-state index contributed by atoms with van der Waals surface area (Å²) in [6.45, 7) is 1.14. The molecular formula is C16H16FNO3. The van der Waals surface area contributed by atoms with Crippen LogP contribution in [0.15, 0.2) is 47.3 Å². The Morgan fingerprint density at radius 1 is 1.33 bits per heavy atom. The van der Waals surface area contributed by atoms with Crippen molar-refractivity contribution in [3.05, 3.63) is 54.2 Å². The lowest BCUT2D eigenvalue weighted by molar-refractivity contribution is 0.0691. The van der Waals surface area contributed by atoms with E-state index in [1.165, 1.54) is 24.7 Å². The van der Waals surface area contributed by atoms with Crippen LogP contribution >= 0.6 is 0 Å². The van der Waals surface area contributed by atoms with Gasteiger partial charge in [-0.05, 0) is 43.2 Å². The summed E-state index contributed by atoms with van der Waals surface area (Å²) in [7, 11) is 0. The first-order valence-corrected chi connectivity index (χ1v) is 6.95. The summed E-state index contributed by atoms with van der Waals surface area (Å²) in [5.74, 6) is 0.285. The van der Waals surface area contributed by atoms with Gasteiger partial charge in [0.15, 0.2) is 0 Å². The van der Waals surface area contributed by atoms with E-state index in [9.17, 15) is 9.18 Å². The highest BCUT2D eigenvalue weighted by Crippen LogP contribution is 2.22. The van der Waals surface area contributed by atoms with Gasteiger partial charge in [0.1, 0.15) is 24.4 Å². The van der Waals surface area contributed by atoms with Crippen LogP contribution in [-0.2, 0) is 0 Å². The number of hydrogen-bond acceptors (Lipinski definition) is 3. The van der Waals surface area contributed by atoms with Crippen molar-refractivity contribution < 1.29 is 18.3 Å². The minimum Gasteiger partial charge on any atom is -0.491 e. The molecule has 1 aromatic heterocycles. The van der Waals surface area contributed by atoms with Crippen LogP contribution in [0.25, 0.3) is 0 Å². The van der Waals surface area contributed by atoms with Gasteiger partial charge in [0.2, 0.25) is 0 Å². The van der Waals surface area contributed by atoms with Crippen molar-refractivity contribution in [2.75, 3.05) is 13.2 Å². The fourth-order valence-corrected chi connectivity index (χ4v) is 2.55. The van der Waals surface area contributed by atoms with E-state index in [-0.39, 0.29) is 17.8 Å². The van der Waals surface area contributed by atoms with Gasteiger partial charge in [-0.25, -0.2) is 4.39 Å². The third-order valence-electron chi connectivity index (χ3n) is 3.66. The second kappa shape index (κ2) is 5.99. The molecule has 21 heavy (non-hydrogen) atoms. The Balaban J connectivity index is 1.62. The molecule has 1 saturated heterocycles. The predicted molar refractivity (Wildman–Crippen MR) is 74.7 cm³/mol. The summed E-state index contributed by atoms with van der Waals surface area (Å²) in [5, 5.41) is 0. The lowest BCUT2D eigenvalue weighted by Gasteiger charge is -2.24. The van der Waals surface area contributed by atoms with Crippen LogP contribution in [-0.4, -0.2) is 30.0 Å². The Bertz CT molecular complexity index is 594. The van der Waals surface area contributed by atoms with Gasteiger partial charge >= 0.3 is 0 Å². The maximum atomic E-state index is 12.8. The van der Waals surface area contributed by atoms with Gasteiger partial charge in [0.25, 0.3) is 5.91 Å². The maximum absolute atomic E-state index is 12.8. The van der Waals surface area contributed by atoms with E-state index in [4.69, 9.17) is 9.15 Å². The fourth-order valence-electron chi connectivity index (χ4n) is 2.55. The highest BCUT2D eigenvalue weighted by Gasteiger charge is 2.30. The first kappa shape index (κ1) is 13.7. The number of likely N-dealkylation sites (tertiary alicyclic amines) is 1. The molecule has 0 unspecified atom stereocenters. The van der Waals surface area contributed by atoms with Gasteiger partial charge in [-0.2, -0.15) is 0 Å². The summed E-state index contributed by atoms with van der Waals surface area (Å²) < 4.78 is 23.5. The second-order valence-corrected chi connectivity index (χ2v) is 5.07. The standard InChI is InChI=1S/C16H16FNO3/c17-13-3-5-15(6-4-13)21-11-14-2-1-8-18(14)16(19)12-7-9-20-10-12/h3-7,9-10,14H,1-2,8,11H2/t14-/m0/s1. The third-order valence-corrected chi connectivity index (χ3v) is 3.66. The first-order chi connectivity index (χ1) is 10.2. The van der Waals surface area contributed by atoms with Crippen molar-refractivity contribution in [2.24, 2.45) is 0 Å². The Labute approximate surface area is 122 Å². The number of hydrogen-bond donors (Lipinski definition) is 0. The molecule has 0 bridgehead atoms. The number of amides is 1. The van der Waals surface area contributed by atoms with Crippen LogP contribution in [0, 0.1) is 5.82 Å². The number of benzene rings is 1. The molecule has 0 radical (unpaired) electrons. The highest BCUT2D eigenvalue weighted by molar-refractivity contribution is 5.94. The summed E-state index contributed by atoms with van der Waals surface area (Å²) in [5.41, 5.74) is 0.559. The molecule has 1 aromatic carbocycles. The van der Waals surface area contributed by atoms with Crippen molar-refractivity contribution in [2.45, 2.75) is 18.9 Å². The van der Waals surface area contributed by atoms with Crippen molar-refractivity contribution in [3.63, 3.8) is 0 Å². The molecular weight excluding hydrogens is 273 g/mol. The predicted octanol–water partition coefficient (Wildman–Crippen LogP) is 3.10. The molecule has 5 heteroatoms. The van der Waals surface area contributed by atoms with E-state index in [0.29, 0.717) is 17.9 Å². The Kier molecular flexibility index (Phi) is 3.90. The lowest BCUT2D eigenvalue weighted by Crippen LogP contribution is -2.38. The Hall–Kier alpha value is -2.30. The number of rotatable bonds is 4. The summed E-state index contributed by atoms with van der Waals surface area (Å²) in [6.07, 6.45) is 4.82. The van der Waals surface area contributed by atoms with Crippen LogP contribution in [0.2, 0.25) is 0 Å². The monoisotopic (exact) mass is 289 g/mol. The minimum absolute atomic E-state index is 0.0334. The molecule has 1 amide bonds. The van der Waals surface area contributed by atoms with Gasteiger partial charge in [0.05, 0.1) is 17.9 Å². The average Bonchev–Trinajstić information content (AvgIpc) is 3.17. The number of ether oxygens (including phenoxy) is 1. The third kappa shape index (κ3) is 3.07. The van der Waals surface area contributed by atoms with Crippen LogP contribution in [0.5, 0.6) is 5.75 Å². The van der Waals surface area contributed by atoms with Crippen molar-refractivity contribution in [1.29, 1.82) is 0 Å². The SMILES string of the molecule is O=C(c1ccoc1)N1CCC[C@H]1COc1ccc(F)cc1. The van der Waals surface area contributed by atoms with Gasteiger partial charge in [-0.15, -0.1) is 0 Å². The molecule has 0 N–H and O–H groups in total. The smallest absolute Gasteiger partial charge is 0.257 e. The van der Waals surface area contributed by atoms with Crippen molar-refractivity contribution in [1.82, 2.24) is 4.90 Å². The van der Waals surface area contributed by atoms with Crippen LogP contribution in [0.4, 0.5) is 4.39 Å². The number of furan rings is 1. The summed E-state index contributed by atoms with van der Waals surface area (Å²) >= 11 is 0. The van der Waals surface area contributed by atoms with Gasteiger partial charge in [-0.3, -0.25) is 4.79 Å². The number of nitrogens with zero attached hydrogens (tertiary/aromatic N) is 1. The zero-order valence-corrected chi connectivity index (χ0v) is 11.5. The van der Waals surface area contributed by atoms with Crippen LogP contribution < -0.4 is 4.74 Å². The molecule has 0 saturated carbocycles. The zero-order chi connectivity index (χ0) is 14.7. The normalized spacial score (nSPS) is 18.0.